The summed E-state index contributed by atoms with van der Waals surface area (Å²) >= 11 is 1.82. The van der Waals surface area contributed by atoms with Crippen molar-refractivity contribution in [2.45, 2.75) is 13.5 Å². The molecule has 4 heteroatoms. The summed E-state index contributed by atoms with van der Waals surface area (Å²) in [6.45, 7) is 2.97. The third-order valence-corrected chi connectivity index (χ3v) is 2.85. The maximum absolute atomic E-state index is 4.15. The molecule has 0 unspecified atom stereocenters. The second-order valence-corrected chi connectivity index (χ2v) is 4.68. The third kappa shape index (κ3) is 3.03. The Kier molecular flexibility index (Phi) is 3.95. The molecule has 1 N–H and O–H groups in total. The number of rotatable bonds is 2. The molecular formula is C10H17N3S. The van der Waals surface area contributed by atoms with E-state index < -0.39 is 0 Å². The fourth-order valence-electron chi connectivity index (χ4n) is 1.18. The van der Waals surface area contributed by atoms with E-state index in [1.165, 1.54) is 9.75 Å². The number of aliphatic imine (C=N–C) groups is 1. The molecule has 0 bridgehead atoms. The fourth-order valence-corrected chi connectivity index (χ4v) is 2.01. The lowest BCUT2D eigenvalue weighted by Gasteiger charge is -2.16. The second kappa shape index (κ2) is 5.00. The van der Waals surface area contributed by atoms with Gasteiger partial charge in [0.1, 0.15) is 0 Å². The third-order valence-electron chi connectivity index (χ3n) is 1.85. The number of hydrogen-bond acceptors (Lipinski definition) is 2. The first-order valence-corrected chi connectivity index (χ1v) is 5.38. The van der Waals surface area contributed by atoms with Crippen molar-refractivity contribution in [1.29, 1.82) is 0 Å². The molecule has 0 radical (unpaired) electrons. The lowest BCUT2D eigenvalue weighted by molar-refractivity contribution is 0.583. The lowest BCUT2D eigenvalue weighted by atomic mass is 10.4. The van der Waals surface area contributed by atoms with Crippen LogP contribution in [0, 0.1) is 6.92 Å². The minimum absolute atomic E-state index is 0.851. The van der Waals surface area contributed by atoms with Crippen molar-refractivity contribution in [2.24, 2.45) is 4.99 Å². The Hall–Kier alpha value is -1.03. The maximum Gasteiger partial charge on any atom is 0.193 e. The molecular weight excluding hydrogens is 194 g/mol. The number of aryl methyl sites for hydroxylation is 1. The molecule has 1 heterocycles. The van der Waals surface area contributed by atoms with Crippen LogP contribution in [0.15, 0.2) is 17.1 Å². The Morgan fingerprint density at radius 2 is 2.21 bits per heavy atom. The molecule has 0 aliphatic rings. The van der Waals surface area contributed by atoms with Gasteiger partial charge in [-0.2, -0.15) is 0 Å². The van der Waals surface area contributed by atoms with E-state index in [4.69, 9.17) is 0 Å². The number of nitrogens with one attached hydrogen (secondary N) is 1. The molecule has 0 spiro atoms. The molecule has 14 heavy (non-hydrogen) atoms. The van der Waals surface area contributed by atoms with E-state index in [0.29, 0.717) is 0 Å². The van der Waals surface area contributed by atoms with Crippen LogP contribution in [0.1, 0.15) is 9.75 Å². The topological polar surface area (TPSA) is 27.6 Å². The van der Waals surface area contributed by atoms with Crippen LogP contribution in [0.4, 0.5) is 0 Å². The molecule has 0 saturated carbocycles. The van der Waals surface area contributed by atoms with Crippen molar-refractivity contribution in [2.75, 3.05) is 21.1 Å². The number of guanidine groups is 1. The highest BCUT2D eigenvalue weighted by molar-refractivity contribution is 7.11. The van der Waals surface area contributed by atoms with Crippen molar-refractivity contribution in [3.63, 3.8) is 0 Å². The summed E-state index contributed by atoms with van der Waals surface area (Å²) in [7, 11) is 5.76. The van der Waals surface area contributed by atoms with Gasteiger partial charge < -0.3 is 10.2 Å². The highest BCUT2D eigenvalue weighted by Crippen LogP contribution is 2.14. The predicted octanol–water partition coefficient (Wildman–Crippen LogP) is 1.69. The van der Waals surface area contributed by atoms with Gasteiger partial charge in [0.15, 0.2) is 5.96 Å². The van der Waals surface area contributed by atoms with Gasteiger partial charge in [0.2, 0.25) is 0 Å². The van der Waals surface area contributed by atoms with Gasteiger partial charge in [-0.15, -0.1) is 11.3 Å². The van der Waals surface area contributed by atoms with E-state index in [1.807, 2.05) is 30.3 Å². The van der Waals surface area contributed by atoms with Crippen LogP contribution in [0.2, 0.25) is 0 Å². The number of nitrogens with zero attached hydrogens (tertiary/aromatic N) is 2. The van der Waals surface area contributed by atoms with Crippen LogP contribution in [-0.2, 0) is 6.54 Å². The monoisotopic (exact) mass is 211 g/mol. The van der Waals surface area contributed by atoms with Crippen LogP contribution in [0.25, 0.3) is 0 Å². The minimum Gasteiger partial charge on any atom is -0.351 e. The Balaban J connectivity index is 2.48. The summed E-state index contributed by atoms with van der Waals surface area (Å²) in [5.74, 6) is 0.913. The van der Waals surface area contributed by atoms with E-state index in [-0.39, 0.29) is 0 Å². The SMILES string of the molecule is CN=C(NCc1ccc(C)s1)N(C)C. The van der Waals surface area contributed by atoms with Gasteiger partial charge in [0.05, 0.1) is 6.54 Å². The molecule has 0 atom stereocenters. The first-order chi connectivity index (χ1) is 6.63. The molecule has 0 aliphatic carbocycles. The van der Waals surface area contributed by atoms with Gasteiger partial charge in [-0.25, -0.2) is 0 Å². The van der Waals surface area contributed by atoms with Crippen LogP contribution in [0.3, 0.4) is 0 Å². The van der Waals surface area contributed by atoms with E-state index >= 15 is 0 Å². The molecule has 0 amide bonds. The summed E-state index contributed by atoms with van der Waals surface area (Å²) < 4.78 is 0. The summed E-state index contributed by atoms with van der Waals surface area (Å²) in [4.78, 5) is 8.81. The van der Waals surface area contributed by atoms with Crippen molar-refractivity contribution >= 4 is 17.3 Å². The van der Waals surface area contributed by atoms with Gasteiger partial charge in [-0.1, -0.05) is 0 Å². The van der Waals surface area contributed by atoms with E-state index in [2.05, 4.69) is 29.4 Å². The molecule has 0 aliphatic heterocycles. The van der Waals surface area contributed by atoms with Crippen molar-refractivity contribution < 1.29 is 0 Å². The van der Waals surface area contributed by atoms with Crippen molar-refractivity contribution in [3.05, 3.63) is 21.9 Å². The first-order valence-electron chi connectivity index (χ1n) is 4.56. The van der Waals surface area contributed by atoms with Gasteiger partial charge >= 0.3 is 0 Å². The van der Waals surface area contributed by atoms with E-state index in [1.54, 1.807) is 7.05 Å². The molecule has 3 nitrogen and oxygen atoms in total. The Morgan fingerprint density at radius 1 is 1.50 bits per heavy atom. The average molecular weight is 211 g/mol. The van der Waals surface area contributed by atoms with E-state index in [0.717, 1.165) is 12.5 Å². The Labute approximate surface area is 89.5 Å². The zero-order valence-electron chi connectivity index (χ0n) is 9.16. The van der Waals surface area contributed by atoms with Gasteiger partial charge in [0.25, 0.3) is 0 Å². The Morgan fingerprint density at radius 3 is 2.64 bits per heavy atom. The number of thiophene rings is 1. The van der Waals surface area contributed by atoms with Gasteiger partial charge in [-0.05, 0) is 19.1 Å². The molecule has 1 aromatic heterocycles. The largest absolute Gasteiger partial charge is 0.351 e. The van der Waals surface area contributed by atoms with Crippen LogP contribution in [0.5, 0.6) is 0 Å². The Bertz CT molecular complexity index is 315. The normalized spacial score (nSPS) is 11.6. The smallest absolute Gasteiger partial charge is 0.193 e. The molecule has 1 rings (SSSR count). The van der Waals surface area contributed by atoms with Crippen LogP contribution in [-0.4, -0.2) is 32.0 Å². The molecule has 0 aromatic carbocycles. The van der Waals surface area contributed by atoms with E-state index in [9.17, 15) is 0 Å². The number of hydrogen-bond donors (Lipinski definition) is 1. The molecule has 78 valence electrons. The molecule has 1 aromatic rings. The second-order valence-electron chi connectivity index (χ2n) is 3.31. The van der Waals surface area contributed by atoms with Crippen molar-refractivity contribution in [1.82, 2.24) is 10.2 Å². The summed E-state index contributed by atoms with van der Waals surface area (Å²) in [5.41, 5.74) is 0. The first kappa shape index (κ1) is 11.0. The average Bonchev–Trinajstić information content (AvgIpc) is 2.52. The fraction of sp³-hybridized carbons (Fsp3) is 0.500. The maximum atomic E-state index is 4.15. The van der Waals surface area contributed by atoms with Crippen molar-refractivity contribution in [3.8, 4) is 0 Å². The zero-order valence-corrected chi connectivity index (χ0v) is 9.98. The zero-order chi connectivity index (χ0) is 10.6. The summed E-state index contributed by atoms with van der Waals surface area (Å²) in [5, 5.41) is 3.28. The summed E-state index contributed by atoms with van der Waals surface area (Å²) in [6, 6.07) is 4.29. The minimum atomic E-state index is 0.851. The summed E-state index contributed by atoms with van der Waals surface area (Å²) in [6.07, 6.45) is 0. The van der Waals surface area contributed by atoms with Crippen LogP contribution < -0.4 is 5.32 Å². The quantitative estimate of drug-likeness (QED) is 0.595. The standard InChI is InChI=1S/C10H17N3S/c1-8-5-6-9(14-8)7-12-10(11-2)13(3)4/h5-6H,7H2,1-4H3,(H,11,12). The van der Waals surface area contributed by atoms with Gasteiger partial charge in [0, 0.05) is 30.9 Å². The molecule has 0 fully saturated rings. The molecule has 0 saturated heterocycles. The van der Waals surface area contributed by atoms with Crippen LogP contribution >= 0.6 is 11.3 Å². The highest BCUT2D eigenvalue weighted by Gasteiger charge is 2.01. The lowest BCUT2D eigenvalue weighted by Crippen LogP contribution is -2.35. The van der Waals surface area contributed by atoms with Gasteiger partial charge in [-0.3, -0.25) is 4.99 Å². The highest BCUT2D eigenvalue weighted by atomic mass is 32.1. The predicted molar refractivity (Wildman–Crippen MR) is 62.9 cm³/mol.